The van der Waals surface area contributed by atoms with Crippen LogP contribution in [0.5, 0.6) is 0 Å². The third-order valence-electron chi connectivity index (χ3n) is 2.96. The average Bonchev–Trinajstić information content (AvgIpc) is 3.13. The summed E-state index contributed by atoms with van der Waals surface area (Å²) in [5, 5.41) is 5.37. The Morgan fingerprint density at radius 1 is 1.39 bits per heavy atom. The number of rotatable bonds is 4. The molecule has 1 atom stereocenters. The molecule has 2 N–H and O–H groups in total. The van der Waals surface area contributed by atoms with Gasteiger partial charge in [-0.25, -0.2) is 8.78 Å². The third kappa shape index (κ3) is 2.78. The van der Waals surface area contributed by atoms with Crippen LogP contribution >= 0.6 is 0 Å². The Hall–Kier alpha value is -1.65. The van der Waals surface area contributed by atoms with Crippen molar-refractivity contribution in [2.45, 2.75) is 38.8 Å². The fraction of sp³-hybridized carbons (Fsp3) is 0.462. The lowest BCUT2D eigenvalue weighted by atomic mass is 10.1. The number of nitrogens with one attached hydrogen (secondary N) is 2. The van der Waals surface area contributed by atoms with Gasteiger partial charge in [-0.1, -0.05) is 6.07 Å². The second-order valence-corrected chi connectivity index (χ2v) is 4.70. The molecule has 1 aliphatic rings. The normalized spacial score (nSPS) is 16.2. The minimum Gasteiger partial charge on any atom is -0.369 e. The summed E-state index contributed by atoms with van der Waals surface area (Å²) in [6, 6.07) is 2.11. The molecule has 1 fully saturated rings. The van der Waals surface area contributed by atoms with Crippen LogP contribution in [0.1, 0.15) is 25.3 Å². The maximum Gasteiger partial charge on any atom is 0.242 e. The number of hydrogen-bond donors (Lipinski definition) is 2. The monoisotopic (exact) mass is 254 g/mol. The van der Waals surface area contributed by atoms with E-state index in [1.165, 1.54) is 12.1 Å². The Kier molecular flexibility index (Phi) is 3.50. The highest BCUT2D eigenvalue weighted by Gasteiger charge is 2.26. The minimum absolute atomic E-state index is 0.231. The van der Waals surface area contributed by atoms with Crippen molar-refractivity contribution in [3.8, 4) is 0 Å². The molecule has 0 saturated heterocycles. The maximum atomic E-state index is 13.7. The van der Waals surface area contributed by atoms with Gasteiger partial charge in [0.1, 0.15) is 17.5 Å². The highest BCUT2D eigenvalue weighted by molar-refractivity contribution is 5.84. The zero-order chi connectivity index (χ0) is 13.3. The molecule has 1 aliphatic carbocycles. The summed E-state index contributed by atoms with van der Waals surface area (Å²) in [6.45, 7) is 3.13. The maximum absolute atomic E-state index is 13.7. The molecule has 0 aliphatic heterocycles. The summed E-state index contributed by atoms with van der Waals surface area (Å²) in [5.41, 5.74) is 0.0992. The summed E-state index contributed by atoms with van der Waals surface area (Å²) in [5.74, 6) is -1.58. The van der Waals surface area contributed by atoms with Crippen LogP contribution in [-0.2, 0) is 4.79 Å². The van der Waals surface area contributed by atoms with Crippen molar-refractivity contribution >= 4 is 11.6 Å². The van der Waals surface area contributed by atoms with Crippen molar-refractivity contribution in [2.75, 3.05) is 5.32 Å². The van der Waals surface area contributed by atoms with Crippen LogP contribution in [0, 0.1) is 18.6 Å². The molecule has 1 unspecified atom stereocenters. The lowest BCUT2D eigenvalue weighted by molar-refractivity contribution is -0.121. The van der Waals surface area contributed by atoms with Crippen LogP contribution in [-0.4, -0.2) is 18.0 Å². The van der Waals surface area contributed by atoms with Crippen LogP contribution in [0.25, 0.3) is 0 Å². The highest BCUT2D eigenvalue weighted by Crippen LogP contribution is 2.23. The molecule has 0 radical (unpaired) electrons. The van der Waals surface area contributed by atoms with Crippen molar-refractivity contribution in [3.63, 3.8) is 0 Å². The van der Waals surface area contributed by atoms with Crippen molar-refractivity contribution in [2.24, 2.45) is 0 Å². The second kappa shape index (κ2) is 4.92. The summed E-state index contributed by atoms with van der Waals surface area (Å²) in [4.78, 5) is 11.7. The fourth-order valence-corrected chi connectivity index (χ4v) is 1.62. The van der Waals surface area contributed by atoms with E-state index in [0.717, 1.165) is 12.8 Å². The fourth-order valence-electron chi connectivity index (χ4n) is 1.62. The smallest absolute Gasteiger partial charge is 0.242 e. The van der Waals surface area contributed by atoms with E-state index >= 15 is 0 Å². The molecule has 98 valence electrons. The molecule has 5 heteroatoms. The topological polar surface area (TPSA) is 41.1 Å². The van der Waals surface area contributed by atoms with Gasteiger partial charge in [0.25, 0.3) is 0 Å². The van der Waals surface area contributed by atoms with Gasteiger partial charge in [0.05, 0.1) is 0 Å². The Labute approximate surface area is 105 Å². The van der Waals surface area contributed by atoms with Gasteiger partial charge in [-0.2, -0.15) is 0 Å². The van der Waals surface area contributed by atoms with E-state index in [4.69, 9.17) is 0 Å². The Bertz CT molecular complexity index is 472. The molecule has 1 amide bonds. The van der Waals surface area contributed by atoms with Gasteiger partial charge in [0.15, 0.2) is 5.82 Å². The molecule has 0 bridgehead atoms. The standard InChI is InChI=1S/C13H16F2N2O/c1-7-3-6-10(14)12(11(7)15)16-8(2)13(18)17-9-4-5-9/h3,6,8-9,16H,4-5H2,1-2H3,(H,17,18). The first-order chi connectivity index (χ1) is 8.49. The lowest BCUT2D eigenvalue weighted by Crippen LogP contribution is -2.39. The average molecular weight is 254 g/mol. The van der Waals surface area contributed by atoms with E-state index < -0.39 is 17.7 Å². The van der Waals surface area contributed by atoms with E-state index in [-0.39, 0.29) is 17.6 Å². The van der Waals surface area contributed by atoms with Gasteiger partial charge >= 0.3 is 0 Å². The van der Waals surface area contributed by atoms with Crippen molar-refractivity contribution in [1.29, 1.82) is 0 Å². The second-order valence-electron chi connectivity index (χ2n) is 4.70. The predicted octanol–water partition coefficient (Wildman–Crippen LogP) is 2.35. The summed E-state index contributed by atoms with van der Waals surface area (Å²) < 4.78 is 27.2. The SMILES string of the molecule is Cc1ccc(F)c(NC(C)C(=O)NC2CC2)c1F. The van der Waals surface area contributed by atoms with E-state index in [2.05, 4.69) is 10.6 Å². The molecule has 0 heterocycles. The first kappa shape index (κ1) is 12.8. The van der Waals surface area contributed by atoms with Crippen molar-refractivity contribution in [1.82, 2.24) is 5.32 Å². The minimum atomic E-state index is -0.691. The molecular weight excluding hydrogens is 238 g/mol. The van der Waals surface area contributed by atoms with E-state index in [1.807, 2.05) is 0 Å². The third-order valence-corrected chi connectivity index (χ3v) is 2.96. The number of benzene rings is 1. The number of hydrogen-bond acceptors (Lipinski definition) is 2. The molecular formula is C13H16F2N2O. The largest absolute Gasteiger partial charge is 0.369 e. The summed E-state index contributed by atoms with van der Waals surface area (Å²) >= 11 is 0. The number of carbonyl (C=O) groups is 1. The van der Waals surface area contributed by atoms with E-state index in [0.29, 0.717) is 5.56 Å². The van der Waals surface area contributed by atoms with Crippen LogP contribution in [0.3, 0.4) is 0 Å². The molecule has 1 saturated carbocycles. The highest BCUT2D eigenvalue weighted by atomic mass is 19.1. The van der Waals surface area contributed by atoms with Gasteiger partial charge in [0, 0.05) is 6.04 Å². The number of anilines is 1. The first-order valence-corrected chi connectivity index (χ1v) is 6.00. The number of aryl methyl sites for hydroxylation is 1. The van der Waals surface area contributed by atoms with Crippen LogP contribution in [0.4, 0.5) is 14.5 Å². The summed E-state index contributed by atoms with van der Waals surface area (Å²) in [6.07, 6.45) is 1.96. The first-order valence-electron chi connectivity index (χ1n) is 6.00. The molecule has 1 aromatic rings. The molecule has 0 spiro atoms. The Morgan fingerprint density at radius 3 is 2.67 bits per heavy atom. The predicted molar refractivity (Wildman–Crippen MR) is 65.3 cm³/mol. The molecule has 2 rings (SSSR count). The zero-order valence-corrected chi connectivity index (χ0v) is 10.4. The van der Waals surface area contributed by atoms with Crippen LogP contribution in [0.15, 0.2) is 12.1 Å². The van der Waals surface area contributed by atoms with Crippen LogP contribution < -0.4 is 10.6 Å². The quantitative estimate of drug-likeness (QED) is 0.866. The van der Waals surface area contributed by atoms with Gasteiger partial charge in [0.2, 0.25) is 5.91 Å². The molecule has 1 aromatic carbocycles. The van der Waals surface area contributed by atoms with Crippen molar-refractivity contribution < 1.29 is 13.6 Å². The number of amides is 1. The number of carbonyl (C=O) groups excluding carboxylic acids is 1. The van der Waals surface area contributed by atoms with Gasteiger partial charge in [-0.05, 0) is 38.3 Å². The van der Waals surface area contributed by atoms with Crippen LogP contribution in [0.2, 0.25) is 0 Å². The number of halogens is 2. The van der Waals surface area contributed by atoms with Gasteiger partial charge in [-0.15, -0.1) is 0 Å². The summed E-state index contributed by atoms with van der Waals surface area (Å²) in [7, 11) is 0. The zero-order valence-electron chi connectivity index (χ0n) is 10.4. The van der Waals surface area contributed by atoms with Crippen molar-refractivity contribution in [3.05, 3.63) is 29.3 Å². The van der Waals surface area contributed by atoms with Gasteiger partial charge < -0.3 is 10.6 Å². The van der Waals surface area contributed by atoms with E-state index in [1.54, 1.807) is 13.8 Å². The Morgan fingerprint density at radius 2 is 2.06 bits per heavy atom. The molecule has 3 nitrogen and oxygen atoms in total. The lowest BCUT2D eigenvalue weighted by Gasteiger charge is -2.16. The van der Waals surface area contributed by atoms with E-state index in [9.17, 15) is 13.6 Å². The Balaban J connectivity index is 2.08. The molecule has 0 aromatic heterocycles. The molecule has 18 heavy (non-hydrogen) atoms. The van der Waals surface area contributed by atoms with Gasteiger partial charge in [-0.3, -0.25) is 4.79 Å².